The van der Waals surface area contributed by atoms with Gasteiger partial charge in [0, 0.05) is 17.5 Å². The number of ether oxygens (including phenoxy) is 1. The molecule has 1 N–H and O–H groups in total. The van der Waals surface area contributed by atoms with E-state index in [1.54, 1.807) is 24.3 Å². The average Bonchev–Trinajstić information content (AvgIpc) is 3.39. The van der Waals surface area contributed by atoms with Crippen LogP contribution in [0.15, 0.2) is 51.3 Å². The number of hydrogen-bond donors (Lipinski definition) is 1. The Morgan fingerprint density at radius 1 is 1.03 bits per heavy atom. The Kier molecular flexibility index (Phi) is 4.75. The molecule has 0 spiro atoms. The number of aromatic nitrogens is 2. The molecule has 4 aromatic rings. The van der Waals surface area contributed by atoms with Gasteiger partial charge in [-0.25, -0.2) is 0 Å². The molecule has 1 amide bonds. The van der Waals surface area contributed by atoms with Gasteiger partial charge in [-0.15, -0.1) is 5.10 Å². The maximum atomic E-state index is 12.4. The second-order valence-electron chi connectivity index (χ2n) is 6.11. The second-order valence-corrected chi connectivity index (χ2v) is 6.11. The van der Waals surface area contributed by atoms with Gasteiger partial charge in [0.05, 0.1) is 28.6 Å². The second kappa shape index (κ2) is 7.55. The number of nitrogens with zero attached hydrogens (tertiary/aromatic N) is 4. The topological polar surface area (TPSA) is 177 Å². The van der Waals surface area contributed by atoms with Crippen molar-refractivity contribution in [1.29, 1.82) is 0 Å². The van der Waals surface area contributed by atoms with Gasteiger partial charge in [-0.1, -0.05) is 17.2 Å². The fourth-order valence-corrected chi connectivity index (χ4v) is 2.78. The maximum absolute atomic E-state index is 12.4. The lowest BCUT2D eigenvalue weighted by atomic mass is 10.1. The van der Waals surface area contributed by atoms with Crippen molar-refractivity contribution in [2.45, 2.75) is 0 Å². The van der Waals surface area contributed by atoms with Crippen LogP contribution in [-0.2, 0) is 0 Å². The lowest BCUT2D eigenvalue weighted by molar-refractivity contribution is -0.394. The van der Waals surface area contributed by atoms with Gasteiger partial charge in [-0.05, 0) is 12.1 Å². The van der Waals surface area contributed by atoms with Crippen LogP contribution in [0.4, 0.5) is 17.4 Å². The molecule has 156 valence electrons. The molecular weight excluding hydrogens is 414 g/mol. The first-order chi connectivity index (χ1) is 14.9. The Morgan fingerprint density at radius 2 is 1.74 bits per heavy atom. The van der Waals surface area contributed by atoms with Crippen LogP contribution in [0.3, 0.4) is 0 Å². The molecule has 0 aliphatic rings. The van der Waals surface area contributed by atoms with Gasteiger partial charge in [0.25, 0.3) is 23.2 Å². The van der Waals surface area contributed by atoms with Crippen molar-refractivity contribution < 1.29 is 28.2 Å². The van der Waals surface area contributed by atoms with Gasteiger partial charge in [0.2, 0.25) is 0 Å². The Hall–Kier alpha value is -4.81. The fraction of sp³-hybridized carbons (Fsp3) is 0.0556. The number of anilines is 1. The predicted molar refractivity (Wildman–Crippen MR) is 104 cm³/mol. The van der Waals surface area contributed by atoms with Crippen molar-refractivity contribution in [2.24, 2.45) is 0 Å². The van der Waals surface area contributed by atoms with Crippen LogP contribution in [0.25, 0.3) is 22.6 Å². The summed E-state index contributed by atoms with van der Waals surface area (Å²) in [6.45, 7) is 0. The van der Waals surface area contributed by atoms with Crippen molar-refractivity contribution in [1.82, 2.24) is 10.2 Å². The number of nitro benzene ring substituents is 2. The molecule has 0 unspecified atom stereocenters. The summed E-state index contributed by atoms with van der Waals surface area (Å²) in [7, 11) is 1.50. The van der Waals surface area contributed by atoms with Crippen LogP contribution in [0.2, 0.25) is 0 Å². The zero-order valence-electron chi connectivity index (χ0n) is 15.6. The number of benzene rings is 2. The highest BCUT2D eigenvalue weighted by Crippen LogP contribution is 2.33. The van der Waals surface area contributed by atoms with Crippen molar-refractivity contribution in [3.63, 3.8) is 0 Å². The summed E-state index contributed by atoms with van der Waals surface area (Å²) in [5.74, 6) is -0.227. The standard InChI is InChI=1S/C18H11N5O8/c1-29-13-4-2-3-9-7-14(30-15(9)13)17-20-21-18(31-17)19-16(24)10-5-11(22(25)26)8-12(6-10)23(27)28/h2-8H,1H3,(H,19,21,24). The lowest BCUT2D eigenvalue weighted by Crippen LogP contribution is -2.13. The molecule has 0 aliphatic heterocycles. The van der Waals surface area contributed by atoms with E-state index in [4.69, 9.17) is 13.6 Å². The van der Waals surface area contributed by atoms with E-state index in [2.05, 4.69) is 15.5 Å². The first kappa shape index (κ1) is 19.5. The predicted octanol–water partition coefficient (Wildman–Crippen LogP) is 3.56. The number of rotatable bonds is 6. The number of methoxy groups -OCH3 is 1. The molecule has 13 heteroatoms. The van der Waals surface area contributed by atoms with Crippen LogP contribution in [0.5, 0.6) is 5.75 Å². The number of non-ortho nitro benzene ring substituents is 2. The molecule has 4 rings (SSSR count). The molecule has 0 saturated carbocycles. The molecule has 0 aliphatic carbocycles. The zero-order chi connectivity index (χ0) is 22.1. The molecule has 2 aromatic heterocycles. The van der Waals surface area contributed by atoms with E-state index >= 15 is 0 Å². The van der Waals surface area contributed by atoms with Crippen molar-refractivity contribution in [3.05, 3.63) is 68.3 Å². The number of para-hydroxylation sites is 1. The summed E-state index contributed by atoms with van der Waals surface area (Å²) < 4.78 is 16.3. The van der Waals surface area contributed by atoms with Gasteiger partial charge < -0.3 is 13.6 Å². The first-order valence-corrected chi connectivity index (χ1v) is 8.51. The number of nitrogens with one attached hydrogen (secondary N) is 1. The van der Waals surface area contributed by atoms with Crippen molar-refractivity contribution >= 4 is 34.3 Å². The van der Waals surface area contributed by atoms with E-state index in [0.29, 0.717) is 11.3 Å². The molecule has 0 fully saturated rings. The third-order valence-corrected chi connectivity index (χ3v) is 4.17. The fourth-order valence-electron chi connectivity index (χ4n) is 2.78. The van der Waals surface area contributed by atoms with E-state index in [1.807, 2.05) is 0 Å². The third kappa shape index (κ3) is 3.74. The van der Waals surface area contributed by atoms with Gasteiger partial charge in [-0.2, -0.15) is 0 Å². The first-order valence-electron chi connectivity index (χ1n) is 8.51. The highest BCUT2D eigenvalue weighted by Gasteiger charge is 2.22. The molecule has 2 aromatic carbocycles. The van der Waals surface area contributed by atoms with E-state index in [0.717, 1.165) is 23.6 Å². The Bertz CT molecular complexity index is 1310. The summed E-state index contributed by atoms with van der Waals surface area (Å²) >= 11 is 0. The number of fused-ring (bicyclic) bond motifs is 1. The summed E-state index contributed by atoms with van der Waals surface area (Å²) in [5, 5.41) is 32.4. The Morgan fingerprint density at radius 3 is 2.39 bits per heavy atom. The summed E-state index contributed by atoms with van der Waals surface area (Å²) in [5.41, 5.74) is -1.08. The minimum absolute atomic E-state index is 0.0430. The Balaban J connectivity index is 1.60. The average molecular weight is 425 g/mol. The van der Waals surface area contributed by atoms with Crippen molar-refractivity contribution in [2.75, 3.05) is 12.4 Å². The number of carbonyl (C=O) groups is 1. The van der Waals surface area contributed by atoms with Gasteiger partial charge >= 0.3 is 6.01 Å². The highest BCUT2D eigenvalue weighted by molar-refractivity contribution is 6.04. The molecular formula is C18H11N5O8. The summed E-state index contributed by atoms with van der Waals surface area (Å²) in [6.07, 6.45) is 0. The van der Waals surface area contributed by atoms with Crippen LogP contribution >= 0.6 is 0 Å². The van der Waals surface area contributed by atoms with Crippen LogP contribution in [-0.4, -0.2) is 33.1 Å². The molecule has 31 heavy (non-hydrogen) atoms. The SMILES string of the molecule is COc1cccc2cc(-c3nnc(NC(=O)c4cc([N+](=O)[O-])cc([N+](=O)[O-])c4)o3)oc12. The van der Waals surface area contributed by atoms with E-state index in [-0.39, 0.29) is 23.2 Å². The van der Waals surface area contributed by atoms with E-state index in [1.165, 1.54) is 7.11 Å². The molecule has 0 saturated heterocycles. The lowest BCUT2D eigenvalue weighted by Gasteiger charge is -2.01. The van der Waals surface area contributed by atoms with E-state index in [9.17, 15) is 25.0 Å². The van der Waals surface area contributed by atoms with Gasteiger partial charge in [0.1, 0.15) is 0 Å². The third-order valence-electron chi connectivity index (χ3n) is 4.17. The largest absolute Gasteiger partial charge is 0.493 e. The minimum atomic E-state index is -0.909. The number of nitro groups is 2. The van der Waals surface area contributed by atoms with E-state index < -0.39 is 27.1 Å². The molecule has 0 radical (unpaired) electrons. The van der Waals surface area contributed by atoms with Crippen LogP contribution in [0.1, 0.15) is 10.4 Å². The normalized spacial score (nSPS) is 10.7. The Labute approximate surface area is 171 Å². The highest BCUT2D eigenvalue weighted by atomic mass is 16.6. The molecule has 0 bridgehead atoms. The number of hydrogen-bond acceptors (Lipinski definition) is 10. The smallest absolute Gasteiger partial charge is 0.322 e. The van der Waals surface area contributed by atoms with Crippen LogP contribution < -0.4 is 10.1 Å². The van der Waals surface area contributed by atoms with Crippen LogP contribution in [0, 0.1) is 20.2 Å². The molecule has 13 nitrogen and oxygen atoms in total. The number of amides is 1. The molecule has 2 heterocycles. The monoisotopic (exact) mass is 425 g/mol. The quantitative estimate of drug-likeness (QED) is 0.355. The molecule has 0 atom stereocenters. The zero-order valence-corrected chi connectivity index (χ0v) is 15.6. The number of furan rings is 1. The van der Waals surface area contributed by atoms with Crippen molar-refractivity contribution in [3.8, 4) is 17.4 Å². The van der Waals surface area contributed by atoms with Gasteiger partial charge in [-0.3, -0.25) is 30.3 Å². The summed E-state index contributed by atoms with van der Waals surface area (Å²) in [4.78, 5) is 32.7. The maximum Gasteiger partial charge on any atom is 0.322 e. The van der Waals surface area contributed by atoms with Gasteiger partial charge in [0.15, 0.2) is 17.1 Å². The minimum Gasteiger partial charge on any atom is -0.493 e. The summed E-state index contributed by atoms with van der Waals surface area (Å²) in [6, 6.07) is 9.13. The number of carbonyl (C=O) groups excluding carboxylic acids is 1.